The molecule has 1 saturated carbocycles. The van der Waals surface area contributed by atoms with E-state index in [1.165, 1.54) is 0 Å². The summed E-state index contributed by atoms with van der Waals surface area (Å²) in [5, 5.41) is 11.1. The van der Waals surface area contributed by atoms with Crippen LogP contribution in [0.1, 0.15) is 45.3 Å². The van der Waals surface area contributed by atoms with E-state index in [0.29, 0.717) is 18.3 Å². The zero-order chi connectivity index (χ0) is 23.6. The minimum atomic E-state index is -2.53. The minimum absolute atomic E-state index is 0.141. The van der Waals surface area contributed by atoms with Crippen LogP contribution in [-0.2, 0) is 13.0 Å². The van der Waals surface area contributed by atoms with Gasteiger partial charge < -0.3 is 16.0 Å². The average Bonchev–Trinajstić information content (AvgIpc) is 3.37. The van der Waals surface area contributed by atoms with E-state index in [1.54, 1.807) is 23.3 Å². The van der Waals surface area contributed by atoms with Crippen LogP contribution in [0.4, 0.5) is 20.5 Å². The van der Waals surface area contributed by atoms with Gasteiger partial charge in [0.15, 0.2) is 5.69 Å². The smallest absolute Gasteiger partial charge is 0.273 e. The molecule has 3 aromatic heterocycles. The van der Waals surface area contributed by atoms with E-state index in [-0.39, 0.29) is 30.7 Å². The molecule has 0 bridgehead atoms. The van der Waals surface area contributed by atoms with Gasteiger partial charge in [0.25, 0.3) is 11.8 Å². The van der Waals surface area contributed by atoms with Gasteiger partial charge in [0.2, 0.25) is 5.95 Å². The lowest BCUT2D eigenvalue weighted by Crippen LogP contribution is -2.29. The molecular weight excluding hydrogens is 444 g/mol. The van der Waals surface area contributed by atoms with Crippen molar-refractivity contribution in [3.05, 3.63) is 52.7 Å². The predicted molar refractivity (Wildman–Crippen MR) is 117 cm³/mol. The number of halogens is 2. The Morgan fingerprint density at radius 1 is 1.29 bits per heavy atom. The second-order valence-electron chi connectivity index (χ2n) is 9.20. The molecule has 3 atom stereocenters. The number of carbonyl (C=O) groups excluding carboxylic acids is 1. The number of aryl methyl sites for hydroxylation is 1. The molecule has 6 rings (SSSR count). The van der Waals surface area contributed by atoms with Crippen LogP contribution < -0.4 is 16.0 Å². The number of amides is 1. The van der Waals surface area contributed by atoms with Crippen LogP contribution >= 0.6 is 0 Å². The number of piperidine rings is 1. The highest BCUT2D eigenvalue weighted by Gasteiger charge is 2.72. The number of nitrogens with two attached hydrogens (primary N) is 1. The average molecular weight is 467 g/mol. The Hall–Kier alpha value is -3.70. The molecule has 0 radical (unpaired) electrons. The Morgan fingerprint density at radius 2 is 2.09 bits per heavy atom. The van der Waals surface area contributed by atoms with E-state index in [4.69, 9.17) is 5.73 Å². The fourth-order valence-electron chi connectivity index (χ4n) is 5.06. The summed E-state index contributed by atoms with van der Waals surface area (Å²) in [4.78, 5) is 27.5. The number of rotatable bonds is 5. The van der Waals surface area contributed by atoms with Crippen molar-refractivity contribution in [1.29, 1.82) is 0 Å². The summed E-state index contributed by atoms with van der Waals surface area (Å²) in [5.41, 5.74) is 9.65. The van der Waals surface area contributed by atoms with Crippen molar-refractivity contribution in [2.75, 3.05) is 23.7 Å². The van der Waals surface area contributed by atoms with Crippen LogP contribution in [0.5, 0.6) is 0 Å². The van der Waals surface area contributed by atoms with E-state index in [9.17, 15) is 13.6 Å². The van der Waals surface area contributed by atoms with Crippen LogP contribution in [0.25, 0.3) is 0 Å². The molecule has 2 aliphatic carbocycles. The zero-order valence-electron chi connectivity index (χ0n) is 18.4. The van der Waals surface area contributed by atoms with Gasteiger partial charge in [-0.3, -0.25) is 4.79 Å². The number of nitrogen functional groups attached to an aromatic ring is 1. The molecule has 3 aliphatic rings. The summed E-state index contributed by atoms with van der Waals surface area (Å²) in [6.45, 7) is 2.75. The first-order valence-electron chi connectivity index (χ1n) is 11.2. The summed E-state index contributed by atoms with van der Waals surface area (Å²) in [7, 11) is 0. The largest absolute Gasteiger partial charge is 0.383 e. The van der Waals surface area contributed by atoms with E-state index < -0.39 is 17.8 Å². The minimum Gasteiger partial charge on any atom is -0.383 e. The molecule has 1 aliphatic heterocycles. The van der Waals surface area contributed by atoms with E-state index in [2.05, 4.69) is 30.6 Å². The SMILES string of the molecule is Cc1nc(N2CC3C(C2)C3(F)F)ncc1Cn1cc(C(=O)NC2CCc3c2ccnc3N)nn1. The van der Waals surface area contributed by atoms with Gasteiger partial charge in [0.1, 0.15) is 5.82 Å². The van der Waals surface area contributed by atoms with Gasteiger partial charge in [0.05, 0.1) is 30.6 Å². The van der Waals surface area contributed by atoms with Crippen LogP contribution in [0, 0.1) is 18.8 Å². The van der Waals surface area contributed by atoms with Crippen molar-refractivity contribution in [1.82, 2.24) is 35.3 Å². The van der Waals surface area contributed by atoms with Crippen molar-refractivity contribution in [2.24, 2.45) is 11.8 Å². The van der Waals surface area contributed by atoms with Crippen molar-refractivity contribution < 1.29 is 13.6 Å². The molecule has 1 amide bonds. The summed E-state index contributed by atoms with van der Waals surface area (Å²) >= 11 is 0. The van der Waals surface area contributed by atoms with Crippen LogP contribution in [-0.4, -0.2) is 54.9 Å². The predicted octanol–water partition coefficient (Wildman–Crippen LogP) is 1.52. The third-order valence-electron chi connectivity index (χ3n) is 7.14. The van der Waals surface area contributed by atoms with E-state index >= 15 is 0 Å². The van der Waals surface area contributed by atoms with Crippen molar-refractivity contribution in [3.8, 4) is 0 Å². The standard InChI is InChI=1S/C22H23F2N9O/c1-11-12(6-27-21(28-11)32-8-15-16(9-32)22(15,23)24)7-33-10-18(30-31-33)20(34)29-17-3-2-14-13(17)4-5-26-19(14)25/h4-6,10,15-17H,2-3,7-9H2,1H3,(H2,25,26)(H,29,34). The number of nitrogens with zero attached hydrogens (tertiary/aromatic N) is 7. The summed E-state index contributed by atoms with van der Waals surface area (Å²) in [5.74, 6) is -3.04. The maximum absolute atomic E-state index is 13.5. The van der Waals surface area contributed by atoms with Crippen LogP contribution in [0.2, 0.25) is 0 Å². The fourth-order valence-corrected chi connectivity index (χ4v) is 5.06. The topological polar surface area (TPSA) is 128 Å². The molecule has 0 spiro atoms. The Kier molecular flexibility index (Phi) is 4.55. The van der Waals surface area contributed by atoms with Gasteiger partial charge in [-0.05, 0) is 37.0 Å². The maximum Gasteiger partial charge on any atom is 0.273 e. The third-order valence-corrected chi connectivity index (χ3v) is 7.14. The number of anilines is 2. The molecule has 0 aromatic carbocycles. The van der Waals surface area contributed by atoms with Crippen LogP contribution in [0.15, 0.2) is 24.7 Å². The number of hydrogen-bond donors (Lipinski definition) is 2. The molecule has 34 heavy (non-hydrogen) atoms. The van der Waals surface area contributed by atoms with Gasteiger partial charge in [0, 0.05) is 36.7 Å². The van der Waals surface area contributed by atoms with Gasteiger partial charge >= 0.3 is 0 Å². The zero-order valence-corrected chi connectivity index (χ0v) is 18.4. The number of fused-ring (bicyclic) bond motifs is 2. The van der Waals surface area contributed by atoms with E-state index in [1.807, 2.05) is 17.9 Å². The second kappa shape index (κ2) is 7.40. The molecule has 176 valence electrons. The highest BCUT2D eigenvalue weighted by Crippen LogP contribution is 2.59. The second-order valence-corrected chi connectivity index (χ2v) is 9.20. The summed E-state index contributed by atoms with van der Waals surface area (Å²) < 4.78 is 28.5. The third kappa shape index (κ3) is 3.35. The maximum atomic E-state index is 13.5. The van der Waals surface area contributed by atoms with Crippen molar-refractivity contribution >= 4 is 17.7 Å². The Balaban J connectivity index is 1.10. The summed E-state index contributed by atoms with van der Waals surface area (Å²) in [6, 6.07) is 1.74. The lowest BCUT2D eigenvalue weighted by Gasteiger charge is -2.20. The van der Waals surface area contributed by atoms with E-state index in [0.717, 1.165) is 35.2 Å². The summed E-state index contributed by atoms with van der Waals surface area (Å²) in [6.07, 6.45) is 6.42. The molecular formula is C22H23F2N9O. The number of hydrogen-bond acceptors (Lipinski definition) is 8. The Morgan fingerprint density at radius 3 is 2.85 bits per heavy atom. The number of carbonyl (C=O) groups is 1. The molecule has 3 aromatic rings. The van der Waals surface area contributed by atoms with Gasteiger partial charge in [-0.15, -0.1) is 5.10 Å². The van der Waals surface area contributed by atoms with Gasteiger partial charge in [-0.2, -0.15) is 0 Å². The molecule has 1 saturated heterocycles. The Labute approximate surface area is 193 Å². The molecule has 4 heterocycles. The number of aromatic nitrogens is 6. The van der Waals surface area contributed by atoms with Crippen LogP contribution in [0.3, 0.4) is 0 Å². The van der Waals surface area contributed by atoms with Gasteiger partial charge in [-0.1, -0.05) is 5.21 Å². The molecule has 3 N–H and O–H groups in total. The normalized spacial score (nSPS) is 24.1. The molecule has 3 unspecified atom stereocenters. The van der Waals surface area contributed by atoms with Crippen molar-refractivity contribution in [2.45, 2.75) is 38.3 Å². The first kappa shape index (κ1) is 20.9. The highest BCUT2D eigenvalue weighted by atomic mass is 19.3. The molecule has 12 heteroatoms. The number of nitrogens with one attached hydrogen (secondary N) is 1. The lowest BCUT2D eigenvalue weighted by molar-refractivity contribution is 0.0795. The Bertz CT molecular complexity index is 1280. The number of pyridine rings is 1. The van der Waals surface area contributed by atoms with Gasteiger partial charge in [-0.25, -0.2) is 28.4 Å². The first-order valence-corrected chi connectivity index (χ1v) is 11.2. The molecule has 10 nitrogen and oxygen atoms in total. The fraction of sp³-hybridized carbons (Fsp3) is 0.455. The quantitative estimate of drug-likeness (QED) is 0.578. The number of alkyl halides is 2. The monoisotopic (exact) mass is 467 g/mol. The molecule has 2 fully saturated rings. The van der Waals surface area contributed by atoms with Crippen molar-refractivity contribution in [3.63, 3.8) is 0 Å². The first-order chi connectivity index (χ1) is 16.3. The lowest BCUT2D eigenvalue weighted by atomic mass is 10.1. The highest BCUT2D eigenvalue weighted by molar-refractivity contribution is 5.92.